The predicted octanol–water partition coefficient (Wildman–Crippen LogP) is 12.3. The third kappa shape index (κ3) is 9.72. The zero-order chi connectivity index (χ0) is 32.1. The number of hydrogen-bond donors (Lipinski definition) is 1. The van der Waals surface area contributed by atoms with Gasteiger partial charge in [0, 0.05) is 11.1 Å². The van der Waals surface area contributed by atoms with Crippen molar-refractivity contribution in [3.63, 3.8) is 0 Å². The van der Waals surface area contributed by atoms with Gasteiger partial charge < -0.3 is 13.9 Å². The van der Waals surface area contributed by atoms with Crippen LogP contribution in [-0.2, 0) is 21.7 Å². The van der Waals surface area contributed by atoms with Crippen molar-refractivity contribution in [3.8, 4) is 11.5 Å². The Morgan fingerprint density at radius 2 is 0.881 bits per heavy atom. The van der Waals surface area contributed by atoms with E-state index in [2.05, 4.69) is 121 Å². The smallest absolute Gasteiger partial charge is 0.418 e. The molecule has 0 fully saturated rings. The van der Waals surface area contributed by atoms with E-state index < -0.39 is 8.60 Å². The fraction of sp³-hybridized carbons (Fsp3) is 0.684. The summed E-state index contributed by atoms with van der Waals surface area (Å²) in [5.41, 5.74) is 7.18. The molecule has 0 spiro atoms. The molecule has 0 aliphatic carbocycles. The van der Waals surface area contributed by atoms with Crippen LogP contribution < -0.4 is 9.05 Å². The molecule has 0 unspecified atom stereocenters. The molecule has 2 rings (SSSR count). The molecule has 1 N–H and O–H groups in total. The summed E-state index contributed by atoms with van der Waals surface area (Å²) in [6, 6.07) is 8.87. The molecule has 2 aromatic carbocycles. The second-order valence-corrected chi connectivity index (χ2v) is 16.8. The van der Waals surface area contributed by atoms with Crippen LogP contribution in [0.1, 0.15) is 168 Å². The molecule has 0 amide bonds. The fourth-order valence-electron chi connectivity index (χ4n) is 6.23. The summed E-state index contributed by atoms with van der Waals surface area (Å²) in [6.07, 6.45) is 9.74. The summed E-state index contributed by atoms with van der Waals surface area (Å²) >= 11 is 0. The molecule has 0 atom stereocenters. The summed E-state index contributed by atoms with van der Waals surface area (Å²) in [4.78, 5) is 11.3. The number of hydrogen-bond acceptors (Lipinski definition) is 3. The van der Waals surface area contributed by atoms with Crippen molar-refractivity contribution in [1.29, 1.82) is 0 Å². The predicted molar refractivity (Wildman–Crippen MR) is 184 cm³/mol. The third-order valence-electron chi connectivity index (χ3n) is 8.89. The van der Waals surface area contributed by atoms with Gasteiger partial charge in [-0.3, -0.25) is 0 Å². The highest BCUT2D eigenvalue weighted by molar-refractivity contribution is 7.41. The Bertz CT molecular complexity index is 1070. The van der Waals surface area contributed by atoms with E-state index in [4.69, 9.17) is 9.05 Å². The molecule has 0 saturated carbocycles. The zero-order valence-corrected chi connectivity index (χ0v) is 30.6. The molecule has 0 heterocycles. The van der Waals surface area contributed by atoms with Gasteiger partial charge >= 0.3 is 8.60 Å². The van der Waals surface area contributed by atoms with Crippen LogP contribution in [0.5, 0.6) is 11.5 Å². The highest BCUT2D eigenvalue weighted by Crippen LogP contribution is 2.47. The van der Waals surface area contributed by atoms with Gasteiger partial charge in [0.15, 0.2) is 0 Å². The lowest BCUT2D eigenvalue weighted by atomic mass is 9.75. The Balaban J connectivity index is 2.45. The summed E-state index contributed by atoms with van der Waals surface area (Å²) < 4.78 is 12.6. The highest BCUT2D eigenvalue weighted by atomic mass is 31.2. The van der Waals surface area contributed by atoms with Gasteiger partial charge in [-0.2, -0.15) is 0 Å². The number of benzene rings is 2. The summed E-state index contributed by atoms with van der Waals surface area (Å²) in [5, 5.41) is 0. The standard InChI is InChI=1S/C38H63O3P/c1-15-17-19-21-37(11,12)29-25-31(35(5,6)7)33(23-27(29)3)40-42(39)41-34-24-28(4)30(26-32(34)36(8,9)10)38(13,14)22-20-18-16-2/h23-26,39H,15-22H2,1-14H3. The van der Waals surface area contributed by atoms with Gasteiger partial charge in [-0.25, -0.2) is 0 Å². The van der Waals surface area contributed by atoms with Crippen LogP contribution in [0, 0.1) is 13.8 Å². The molecule has 238 valence electrons. The first kappa shape index (κ1) is 36.6. The lowest BCUT2D eigenvalue weighted by molar-refractivity contribution is 0.369. The molecule has 0 saturated heterocycles. The van der Waals surface area contributed by atoms with Crippen LogP contribution in [0.25, 0.3) is 0 Å². The number of aryl methyl sites for hydroxylation is 2. The van der Waals surface area contributed by atoms with E-state index in [1.54, 1.807) is 0 Å². The van der Waals surface area contributed by atoms with Crippen LogP contribution in [0.15, 0.2) is 24.3 Å². The largest absolute Gasteiger partial charge is 0.460 e. The topological polar surface area (TPSA) is 38.7 Å². The average molecular weight is 599 g/mol. The van der Waals surface area contributed by atoms with Gasteiger partial charge in [0.25, 0.3) is 0 Å². The van der Waals surface area contributed by atoms with Crippen molar-refractivity contribution in [2.45, 2.75) is 170 Å². The van der Waals surface area contributed by atoms with Gasteiger partial charge in [0.1, 0.15) is 11.5 Å². The van der Waals surface area contributed by atoms with Gasteiger partial charge in [-0.15, -0.1) is 0 Å². The van der Waals surface area contributed by atoms with E-state index in [0.717, 1.165) is 24.0 Å². The Labute approximate surface area is 261 Å². The average Bonchev–Trinajstić information content (AvgIpc) is 2.82. The van der Waals surface area contributed by atoms with E-state index in [-0.39, 0.29) is 21.7 Å². The van der Waals surface area contributed by atoms with E-state index in [1.165, 1.54) is 60.8 Å². The SMILES string of the molecule is CCCCCC(C)(C)c1cc(C(C)(C)C)c(OP(O)Oc2cc(C)c(C(C)(C)CCCCC)cc2C(C)(C)C)cc1C. The fourth-order valence-corrected chi connectivity index (χ4v) is 6.91. The Hall–Kier alpha value is -1.57. The number of unbranched alkanes of at least 4 members (excludes halogenated alkanes) is 4. The van der Waals surface area contributed by atoms with E-state index in [0.29, 0.717) is 11.5 Å². The maximum absolute atomic E-state index is 11.3. The van der Waals surface area contributed by atoms with Crippen LogP contribution in [0.2, 0.25) is 0 Å². The van der Waals surface area contributed by atoms with E-state index >= 15 is 0 Å². The summed E-state index contributed by atoms with van der Waals surface area (Å²) in [6.45, 7) is 31.5. The lowest BCUT2D eigenvalue weighted by Crippen LogP contribution is -2.22. The second kappa shape index (κ2) is 14.5. The highest BCUT2D eigenvalue weighted by Gasteiger charge is 2.31. The maximum Gasteiger partial charge on any atom is 0.460 e. The molecule has 42 heavy (non-hydrogen) atoms. The molecule has 0 aliphatic rings. The van der Waals surface area contributed by atoms with Crippen molar-refractivity contribution in [2.24, 2.45) is 0 Å². The monoisotopic (exact) mass is 598 g/mol. The van der Waals surface area contributed by atoms with Crippen LogP contribution in [-0.4, -0.2) is 4.89 Å². The molecule has 0 bridgehead atoms. The lowest BCUT2D eigenvalue weighted by Gasteiger charge is -2.32. The molecule has 4 heteroatoms. The molecule has 3 nitrogen and oxygen atoms in total. The van der Waals surface area contributed by atoms with E-state index in [9.17, 15) is 4.89 Å². The molecular weight excluding hydrogens is 535 g/mol. The van der Waals surface area contributed by atoms with Crippen molar-refractivity contribution in [2.75, 3.05) is 0 Å². The van der Waals surface area contributed by atoms with Crippen LogP contribution in [0.3, 0.4) is 0 Å². The Morgan fingerprint density at radius 3 is 1.17 bits per heavy atom. The molecule has 0 aromatic heterocycles. The minimum Gasteiger partial charge on any atom is -0.418 e. The zero-order valence-electron chi connectivity index (χ0n) is 29.7. The molecular formula is C38H63O3P. The first-order valence-corrected chi connectivity index (χ1v) is 17.5. The number of rotatable bonds is 14. The first-order valence-electron chi connectivity index (χ1n) is 16.4. The van der Waals surface area contributed by atoms with Gasteiger partial charge in [0.2, 0.25) is 0 Å². The second-order valence-electron chi connectivity index (χ2n) is 15.9. The van der Waals surface area contributed by atoms with Crippen LogP contribution >= 0.6 is 8.60 Å². The Morgan fingerprint density at radius 1 is 0.548 bits per heavy atom. The minimum atomic E-state index is -2.18. The van der Waals surface area contributed by atoms with Gasteiger partial charge in [-0.05, 0) is 82.7 Å². The van der Waals surface area contributed by atoms with Crippen molar-refractivity contribution in [1.82, 2.24) is 0 Å². The van der Waals surface area contributed by atoms with Gasteiger partial charge in [0.05, 0.1) is 0 Å². The first-order chi connectivity index (χ1) is 19.2. The quantitative estimate of drug-likeness (QED) is 0.174. The van der Waals surface area contributed by atoms with E-state index in [1.807, 2.05) is 0 Å². The summed E-state index contributed by atoms with van der Waals surface area (Å²) in [5.74, 6) is 1.42. The van der Waals surface area contributed by atoms with Crippen molar-refractivity contribution < 1.29 is 13.9 Å². The molecule has 0 radical (unpaired) electrons. The maximum atomic E-state index is 11.3. The molecule has 2 aromatic rings. The van der Waals surface area contributed by atoms with Crippen LogP contribution in [0.4, 0.5) is 0 Å². The van der Waals surface area contributed by atoms with Crippen molar-refractivity contribution in [3.05, 3.63) is 57.6 Å². The Kier molecular flexibility index (Phi) is 12.6. The summed E-state index contributed by atoms with van der Waals surface area (Å²) in [7, 11) is -2.18. The normalized spacial score (nSPS) is 13.1. The molecule has 0 aliphatic heterocycles. The van der Waals surface area contributed by atoms with Gasteiger partial charge in [-0.1, -0.05) is 134 Å². The third-order valence-corrected chi connectivity index (χ3v) is 9.60. The van der Waals surface area contributed by atoms with Crippen molar-refractivity contribution >= 4 is 8.60 Å². The minimum absolute atomic E-state index is 0.0728.